The maximum Gasteiger partial charge on any atom is 0.269 e. The minimum absolute atomic E-state index is 0.00635. The second-order valence-electron chi connectivity index (χ2n) is 4.55. The van der Waals surface area contributed by atoms with E-state index in [0.717, 1.165) is 0 Å². The molecule has 0 fully saturated rings. The summed E-state index contributed by atoms with van der Waals surface area (Å²) in [7, 11) is 1.57. The number of aliphatic hydroxyl groups is 1. The van der Waals surface area contributed by atoms with Gasteiger partial charge in [0.05, 0.1) is 30.0 Å². The molecule has 0 heterocycles. The number of ether oxygens (including phenoxy) is 2. The molecule has 1 aromatic rings. The van der Waals surface area contributed by atoms with Crippen molar-refractivity contribution in [2.45, 2.75) is 19.4 Å². The third kappa shape index (κ3) is 6.61. The van der Waals surface area contributed by atoms with E-state index in [1.54, 1.807) is 20.1 Å². The summed E-state index contributed by atoms with van der Waals surface area (Å²) in [5.41, 5.74) is 0.948. The lowest BCUT2D eigenvalue weighted by atomic mass is 10.0. The van der Waals surface area contributed by atoms with E-state index < -0.39 is 11.0 Å². The van der Waals surface area contributed by atoms with Crippen molar-refractivity contribution in [3.05, 3.63) is 39.9 Å². The second kappa shape index (κ2) is 9.82. The van der Waals surface area contributed by atoms with Gasteiger partial charge in [-0.25, -0.2) is 0 Å². The topological polar surface area (TPSA) is 103 Å². The van der Waals surface area contributed by atoms with Crippen molar-refractivity contribution in [2.75, 3.05) is 27.1 Å². The van der Waals surface area contributed by atoms with Gasteiger partial charge in [0.25, 0.3) is 5.69 Å². The molecule has 0 aliphatic heterocycles. The third-order valence-electron chi connectivity index (χ3n) is 2.74. The molecule has 0 saturated heterocycles. The number of hydrogen-bond donors (Lipinski definition) is 1. The van der Waals surface area contributed by atoms with Gasteiger partial charge in [-0.05, 0) is 12.5 Å². The number of non-ortho nitro benzene ring substituents is 1. The van der Waals surface area contributed by atoms with Crippen molar-refractivity contribution < 1.29 is 24.3 Å². The fourth-order valence-electron chi connectivity index (χ4n) is 1.66. The smallest absolute Gasteiger partial charge is 0.269 e. The fourth-order valence-corrected chi connectivity index (χ4v) is 1.66. The first-order chi connectivity index (χ1) is 10.5. The van der Waals surface area contributed by atoms with Gasteiger partial charge in [0.15, 0.2) is 0 Å². The minimum Gasteiger partial charge on any atom is -0.388 e. The van der Waals surface area contributed by atoms with Crippen molar-refractivity contribution in [1.29, 1.82) is 0 Å². The molecule has 1 N–H and O–H groups in total. The predicted molar refractivity (Wildman–Crippen MR) is 79.6 cm³/mol. The Morgan fingerprint density at radius 3 is 2.91 bits per heavy atom. The number of nitrogens with zero attached hydrogens (tertiary/aromatic N) is 2. The molecular weight excluding hydrogens is 292 g/mol. The molecule has 0 bridgehead atoms. The van der Waals surface area contributed by atoms with Gasteiger partial charge in [-0.1, -0.05) is 17.3 Å². The number of oxime groups is 1. The molecule has 0 spiro atoms. The highest BCUT2D eigenvalue weighted by molar-refractivity contribution is 5.81. The SMILES string of the molecule is COCCOCO/N=C(\C)CC(O)c1cccc([N+](=O)[O-])c1. The van der Waals surface area contributed by atoms with Crippen LogP contribution in [0.4, 0.5) is 5.69 Å². The van der Waals surface area contributed by atoms with E-state index in [1.165, 1.54) is 18.2 Å². The van der Waals surface area contributed by atoms with Gasteiger partial charge in [-0.2, -0.15) is 0 Å². The van der Waals surface area contributed by atoms with E-state index in [4.69, 9.17) is 14.3 Å². The van der Waals surface area contributed by atoms with Crippen molar-refractivity contribution in [1.82, 2.24) is 0 Å². The van der Waals surface area contributed by atoms with Crippen LogP contribution in [0.2, 0.25) is 0 Å². The highest BCUT2D eigenvalue weighted by atomic mass is 16.7. The lowest BCUT2D eigenvalue weighted by Crippen LogP contribution is -2.07. The number of nitro benzene ring substituents is 1. The molecule has 0 aliphatic rings. The number of benzene rings is 1. The Labute approximate surface area is 128 Å². The van der Waals surface area contributed by atoms with Gasteiger partial charge in [0.2, 0.25) is 6.79 Å². The van der Waals surface area contributed by atoms with Crippen LogP contribution in [0.3, 0.4) is 0 Å². The number of hydrogen-bond acceptors (Lipinski definition) is 7. The first-order valence-electron chi connectivity index (χ1n) is 6.69. The summed E-state index contributed by atoms with van der Waals surface area (Å²) in [6, 6.07) is 5.87. The molecule has 1 unspecified atom stereocenters. The summed E-state index contributed by atoms with van der Waals surface area (Å²) in [6.07, 6.45) is -0.680. The summed E-state index contributed by atoms with van der Waals surface area (Å²) >= 11 is 0. The summed E-state index contributed by atoms with van der Waals surface area (Å²) in [5, 5.41) is 24.6. The molecule has 0 aromatic heterocycles. The largest absolute Gasteiger partial charge is 0.388 e. The zero-order valence-corrected chi connectivity index (χ0v) is 12.6. The van der Waals surface area contributed by atoms with E-state index in [-0.39, 0.29) is 18.9 Å². The first kappa shape index (κ1) is 18.0. The maximum atomic E-state index is 10.7. The summed E-state index contributed by atoms with van der Waals surface area (Å²) in [4.78, 5) is 15.1. The zero-order chi connectivity index (χ0) is 16.4. The van der Waals surface area contributed by atoms with E-state index in [1.807, 2.05) is 0 Å². The Morgan fingerprint density at radius 1 is 1.45 bits per heavy atom. The Hall–Kier alpha value is -2.03. The highest BCUT2D eigenvalue weighted by Crippen LogP contribution is 2.21. The molecule has 0 aliphatic carbocycles. The molecule has 0 radical (unpaired) electrons. The predicted octanol–water partition coefficient (Wildman–Crippen LogP) is 2.03. The van der Waals surface area contributed by atoms with Gasteiger partial charge in [-0.3, -0.25) is 10.1 Å². The lowest BCUT2D eigenvalue weighted by molar-refractivity contribution is -0.385. The zero-order valence-electron chi connectivity index (χ0n) is 12.6. The van der Waals surface area contributed by atoms with Crippen LogP contribution in [0.1, 0.15) is 25.0 Å². The average molecular weight is 312 g/mol. The molecular formula is C14H20N2O6. The summed E-state index contributed by atoms with van der Waals surface area (Å²) in [6.45, 7) is 2.56. The first-order valence-corrected chi connectivity index (χ1v) is 6.69. The molecule has 122 valence electrons. The van der Waals surface area contributed by atoms with Crippen LogP contribution in [0.15, 0.2) is 29.4 Å². The standard InChI is InChI=1S/C14H20N2O6/c1-11(15-22-10-21-7-6-20-2)8-14(17)12-4-3-5-13(9-12)16(18)19/h3-5,9,14,17H,6-8,10H2,1-2H3/b15-11+. The molecule has 0 saturated carbocycles. The molecule has 1 aromatic carbocycles. The molecule has 1 rings (SSSR count). The Bertz CT molecular complexity index is 506. The van der Waals surface area contributed by atoms with Crippen LogP contribution in [0.5, 0.6) is 0 Å². The van der Waals surface area contributed by atoms with Crippen molar-refractivity contribution in [3.63, 3.8) is 0 Å². The minimum atomic E-state index is -0.887. The normalized spacial score (nSPS) is 13.0. The second-order valence-corrected chi connectivity index (χ2v) is 4.55. The Balaban J connectivity index is 2.44. The van der Waals surface area contributed by atoms with Crippen molar-refractivity contribution in [2.24, 2.45) is 5.16 Å². The molecule has 1 atom stereocenters. The summed E-state index contributed by atoms with van der Waals surface area (Å²) < 4.78 is 9.86. The van der Waals surface area contributed by atoms with E-state index in [9.17, 15) is 15.2 Å². The number of methoxy groups -OCH3 is 1. The Kier molecular flexibility index (Phi) is 8.05. The third-order valence-corrected chi connectivity index (χ3v) is 2.74. The van der Waals surface area contributed by atoms with Crippen LogP contribution in [-0.4, -0.2) is 42.9 Å². The number of nitro groups is 1. The number of rotatable bonds is 10. The molecule has 8 nitrogen and oxygen atoms in total. The van der Waals surface area contributed by atoms with Crippen LogP contribution in [0.25, 0.3) is 0 Å². The van der Waals surface area contributed by atoms with E-state index in [0.29, 0.717) is 24.5 Å². The van der Waals surface area contributed by atoms with Gasteiger partial charge in [0.1, 0.15) is 0 Å². The lowest BCUT2D eigenvalue weighted by Gasteiger charge is -2.10. The molecule has 8 heteroatoms. The van der Waals surface area contributed by atoms with E-state index in [2.05, 4.69) is 5.16 Å². The molecule has 0 amide bonds. The quantitative estimate of drug-likeness (QED) is 0.233. The average Bonchev–Trinajstić information content (AvgIpc) is 2.50. The van der Waals surface area contributed by atoms with Crippen LogP contribution >= 0.6 is 0 Å². The van der Waals surface area contributed by atoms with Gasteiger partial charge < -0.3 is 19.4 Å². The van der Waals surface area contributed by atoms with Crippen LogP contribution in [0, 0.1) is 10.1 Å². The van der Waals surface area contributed by atoms with Gasteiger partial charge >= 0.3 is 0 Å². The Morgan fingerprint density at radius 2 is 2.23 bits per heavy atom. The van der Waals surface area contributed by atoms with Crippen LogP contribution in [-0.2, 0) is 14.3 Å². The van der Waals surface area contributed by atoms with Gasteiger partial charge in [-0.15, -0.1) is 0 Å². The van der Waals surface area contributed by atoms with Crippen molar-refractivity contribution >= 4 is 11.4 Å². The number of aliphatic hydroxyl groups excluding tert-OH is 1. The fraction of sp³-hybridized carbons (Fsp3) is 0.500. The monoisotopic (exact) mass is 312 g/mol. The molecule has 22 heavy (non-hydrogen) atoms. The van der Waals surface area contributed by atoms with Gasteiger partial charge in [0, 0.05) is 25.7 Å². The van der Waals surface area contributed by atoms with Crippen LogP contribution < -0.4 is 0 Å². The maximum absolute atomic E-state index is 10.7. The summed E-state index contributed by atoms with van der Waals surface area (Å²) in [5.74, 6) is 0. The van der Waals surface area contributed by atoms with Crippen molar-refractivity contribution in [3.8, 4) is 0 Å². The highest BCUT2D eigenvalue weighted by Gasteiger charge is 2.13. The van der Waals surface area contributed by atoms with E-state index >= 15 is 0 Å².